The number of aryl methyl sites for hydroxylation is 1. The number of hydrogen-bond acceptors (Lipinski definition) is 4. The number of anilines is 2. The highest BCUT2D eigenvalue weighted by Crippen LogP contribution is 2.22. The lowest BCUT2D eigenvalue weighted by Crippen LogP contribution is -2.13. The van der Waals surface area contributed by atoms with Gasteiger partial charge >= 0.3 is 0 Å². The molecule has 0 bridgehead atoms. The fourth-order valence-corrected chi connectivity index (χ4v) is 3.78. The minimum absolute atomic E-state index is 0.116. The van der Waals surface area contributed by atoms with Crippen molar-refractivity contribution in [1.82, 2.24) is 9.78 Å². The molecular formula is C28H28N4O3. The molecule has 2 amide bonds. The van der Waals surface area contributed by atoms with Gasteiger partial charge < -0.3 is 15.4 Å². The summed E-state index contributed by atoms with van der Waals surface area (Å²) < 4.78 is 7.61. The Labute approximate surface area is 204 Å². The van der Waals surface area contributed by atoms with Crippen LogP contribution >= 0.6 is 0 Å². The number of rotatable bonds is 8. The number of nitrogens with one attached hydrogen (secondary N) is 2. The van der Waals surface area contributed by atoms with Gasteiger partial charge in [0.1, 0.15) is 12.4 Å². The highest BCUT2D eigenvalue weighted by atomic mass is 16.5. The van der Waals surface area contributed by atoms with Crippen LogP contribution in [0.1, 0.15) is 39.8 Å². The van der Waals surface area contributed by atoms with E-state index in [0.29, 0.717) is 24.4 Å². The van der Waals surface area contributed by atoms with E-state index in [1.54, 1.807) is 12.1 Å². The van der Waals surface area contributed by atoms with Crippen LogP contribution in [0.5, 0.6) is 5.75 Å². The summed E-state index contributed by atoms with van der Waals surface area (Å²) in [6.07, 6.45) is 0. The number of carbonyl (C=O) groups excluding carboxylic acids is 2. The van der Waals surface area contributed by atoms with E-state index in [1.807, 2.05) is 85.3 Å². The number of carbonyl (C=O) groups is 2. The van der Waals surface area contributed by atoms with Gasteiger partial charge in [0.25, 0.3) is 5.91 Å². The average molecular weight is 469 g/mol. The SMILES string of the molecule is CC(=O)Nc1cccc(Cn2nc(C)c(NC(=O)c3ccc(COc4ccccc4)cc3)c2C)c1. The standard InChI is InChI=1S/C28H28N4O3/c1-19-27(20(2)32(31-19)17-23-8-7-9-25(16-23)29-21(3)33)30-28(34)24-14-12-22(13-15-24)18-35-26-10-5-4-6-11-26/h4-16H,17-18H2,1-3H3,(H,29,33)(H,30,34). The van der Waals surface area contributed by atoms with Crippen LogP contribution in [0.4, 0.5) is 11.4 Å². The van der Waals surface area contributed by atoms with Crippen LogP contribution < -0.4 is 15.4 Å². The molecule has 0 unspecified atom stereocenters. The number of aromatic nitrogens is 2. The molecule has 0 saturated carbocycles. The molecule has 0 aliphatic carbocycles. The molecule has 4 aromatic rings. The van der Waals surface area contributed by atoms with Crippen LogP contribution in [0.2, 0.25) is 0 Å². The molecule has 3 aromatic carbocycles. The third kappa shape index (κ3) is 6.14. The van der Waals surface area contributed by atoms with Gasteiger partial charge in [0.2, 0.25) is 5.91 Å². The summed E-state index contributed by atoms with van der Waals surface area (Å²) in [5.41, 5.74) is 5.56. The maximum atomic E-state index is 12.9. The van der Waals surface area contributed by atoms with Crippen molar-refractivity contribution in [3.8, 4) is 5.75 Å². The van der Waals surface area contributed by atoms with Crippen LogP contribution in [0, 0.1) is 13.8 Å². The maximum absolute atomic E-state index is 12.9. The molecule has 7 nitrogen and oxygen atoms in total. The molecule has 0 radical (unpaired) electrons. The first-order valence-electron chi connectivity index (χ1n) is 11.4. The van der Waals surface area contributed by atoms with Gasteiger partial charge in [0.15, 0.2) is 0 Å². The first kappa shape index (κ1) is 23.8. The fourth-order valence-electron chi connectivity index (χ4n) is 3.78. The zero-order valence-corrected chi connectivity index (χ0v) is 20.0. The van der Waals surface area contributed by atoms with Gasteiger partial charge in [-0.05, 0) is 61.4 Å². The van der Waals surface area contributed by atoms with Gasteiger partial charge in [-0.1, -0.05) is 42.5 Å². The molecule has 0 spiro atoms. The van der Waals surface area contributed by atoms with Crippen molar-refractivity contribution in [2.45, 2.75) is 33.9 Å². The van der Waals surface area contributed by atoms with E-state index in [-0.39, 0.29) is 11.8 Å². The van der Waals surface area contributed by atoms with E-state index in [9.17, 15) is 9.59 Å². The lowest BCUT2D eigenvalue weighted by atomic mass is 10.1. The van der Waals surface area contributed by atoms with Crippen LogP contribution in [0.3, 0.4) is 0 Å². The van der Waals surface area contributed by atoms with Crippen molar-refractivity contribution in [1.29, 1.82) is 0 Å². The Bertz CT molecular complexity index is 1330. The highest BCUT2D eigenvalue weighted by molar-refractivity contribution is 6.04. The van der Waals surface area contributed by atoms with Gasteiger partial charge in [0.05, 0.1) is 23.6 Å². The van der Waals surface area contributed by atoms with E-state index < -0.39 is 0 Å². The summed E-state index contributed by atoms with van der Waals surface area (Å²) in [6, 6.07) is 24.6. The second-order valence-electron chi connectivity index (χ2n) is 8.34. The molecule has 178 valence electrons. The minimum atomic E-state index is -0.195. The zero-order chi connectivity index (χ0) is 24.8. The molecule has 1 aromatic heterocycles. The molecule has 2 N–H and O–H groups in total. The molecule has 1 heterocycles. The monoisotopic (exact) mass is 468 g/mol. The van der Waals surface area contributed by atoms with Crippen molar-refractivity contribution in [3.05, 3.63) is 107 Å². The lowest BCUT2D eigenvalue weighted by Gasteiger charge is -2.09. The summed E-state index contributed by atoms with van der Waals surface area (Å²) in [5.74, 6) is 0.494. The van der Waals surface area contributed by atoms with Gasteiger partial charge in [0, 0.05) is 18.2 Å². The van der Waals surface area contributed by atoms with Crippen molar-refractivity contribution < 1.29 is 14.3 Å². The smallest absolute Gasteiger partial charge is 0.255 e. The summed E-state index contributed by atoms with van der Waals surface area (Å²) in [5, 5.41) is 10.4. The van der Waals surface area contributed by atoms with E-state index in [4.69, 9.17) is 4.74 Å². The molecule has 7 heteroatoms. The molecule has 0 aliphatic heterocycles. The third-order valence-corrected chi connectivity index (χ3v) is 5.56. The normalized spacial score (nSPS) is 10.6. The molecule has 0 fully saturated rings. The number of nitrogens with zero attached hydrogens (tertiary/aromatic N) is 2. The Balaban J connectivity index is 1.41. The predicted molar refractivity (Wildman–Crippen MR) is 137 cm³/mol. The van der Waals surface area contributed by atoms with E-state index >= 15 is 0 Å². The molecule has 0 atom stereocenters. The first-order chi connectivity index (χ1) is 16.9. The number of hydrogen-bond donors (Lipinski definition) is 2. The lowest BCUT2D eigenvalue weighted by molar-refractivity contribution is -0.114. The van der Waals surface area contributed by atoms with Crippen LogP contribution in [0.25, 0.3) is 0 Å². The summed E-state index contributed by atoms with van der Waals surface area (Å²) >= 11 is 0. The summed E-state index contributed by atoms with van der Waals surface area (Å²) in [7, 11) is 0. The second-order valence-corrected chi connectivity index (χ2v) is 8.34. The Kier molecular flexibility index (Phi) is 7.26. The average Bonchev–Trinajstić information content (AvgIpc) is 3.10. The van der Waals surface area contributed by atoms with Crippen molar-refractivity contribution in [3.63, 3.8) is 0 Å². The van der Waals surface area contributed by atoms with Crippen molar-refractivity contribution >= 4 is 23.2 Å². The van der Waals surface area contributed by atoms with E-state index in [2.05, 4.69) is 15.7 Å². The molecule has 35 heavy (non-hydrogen) atoms. The minimum Gasteiger partial charge on any atom is -0.489 e. The quantitative estimate of drug-likeness (QED) is 0.366. The van der Waals surface area contributed by atoms with Crippen LogP contribution in [-0.2, 0) is 17.9 Å². The topological polar surface area (TPSA) is 85.3 Å². The van der Waals surface area contributed by atoms with Crippen LogP contribution in [-0.4, -0.2) is 21.6 Å². The molecule has 4 rings (SSSR count). The van der Waals surface area contributed by atoms with Gasteiger partial charge in [-0.15, -0.1) is 0 Å². The van der Waals surface area contributed by atoms with E-state index in [1.165, 1.54) is 6.92 Å². The largest absolute Gasteiger partial charge is 0.489 e. The fraction of sp³-hybridized carbons (Fsp3) is 0.179. The predicted octanol–water partition coefficient (Wildman–Crippen LogP) is 5.34. The molecule has 0 saturated heterocycles. The van der Waals surface area contributed by atoms with Gasteiger partial charge in [-0.3, -0.25) is 14.3 Å². The van der Waals surface area contributed by atoms with E-state index in [0.717, 1.165) is 34.0 Å². The number of benzene rings is 3. The molecule has 0 aliphatic rings. The Morgan fingerprint density at radius 1 is 0.886 bits per heavy atom. The number of amides is 2. The Hall–Kier alpha value is -4.39. The Morgan fingerprint density at radius 2 is 1.63 bits per heavy atom. The highest BCUT2D eigenvalue weighted by Gasteiger charge is 2.16. The summed E-state index contributed by atoms with van der Waals surface area (Å²) in [4.78, 5) is 24.2. The Morgan fingerprint density at radius 3 is 2.34 bits per heavy atom. The van der Waals surface area contributed by atoms with Gasteiger partial charge in [-0.25, -0.2) is 0 Å². The van der Waals surface area contributed by atoms with Crippen LogP contribution in [0.15, 0.2) is 78.9 Å². The number of para-hydroxylation sites is 1. The number of ether oxygens (including phenoxy) is 1. The second kappa shape index (κ2) is 10.7. The van der Waals surface area contributed by atoms with Crippen molar-refractivity contribution in [2.75, 3.05) is 10.6 Å². The van der Waals surface area contributed by atoms with Crippen molar-refractivity contribution in [2.24, 2.45) is 0 Å². The third-order valence-electron chi connectivity index (χ3n) is 5.56. The molecular weight excluding hydrogens is 440 g/mol. The summed E-state index contributed by atoms with van der Waals surface area (Å²) in [6.45, 7) is 6.23. The zero-order valence-electron chi connectivity index (χ0n) is 20.0. The maximum Gasteiger partial charge on any atom is 0.255 e. The first-order valence-corrected chi connectivity index (χ1v) is 11.4. The van der Waals surface area contributed by atoms with Gasteiger partial charge in [-0.2, -0.15) is 5.10 Å².